The molecule has 0 unspecified atom stereocenters. The summed E-state index contributed by atoms with van der Waals surface area (Å²) in [5.74, 6) is 0.556. The van der Waals surface area contributed by atoms with Crippen LogP contribution in [0.3, 0.4) is 0 Å². The number of amides is 2. The quantitative estimate of drug-likeness (QED) is 0.605. The van der Waals surface area contributed by atoms with Gasteiger partial charge in [0.25, 0.3) is 0 Å². The van der Waals surface area contributed by atoms with Crippen LogP contribution in [0.2, 0.25) is 0 Å². The van der Waals surface area contributed by atoms with E-state index in [1.807, 2.05) is 19.1 Å². The first kappa shape index (κ1) is 21.3. The van der Waals surface area contributed by atoms with Crippen molar-refractivity contribution in [1.82, 2.24) is 9.29 Å². The predicted octanol–water partition coefficient (Wildman–Crippen LogP) is 3.85. The third-order valence-electron chi connectivity index (χ3n) is 4.90. The molecule has 31 heavy (non-hydrogen) atoms. The largest absolute Gasteiger partial charge is 0.495 e. The second kappa shape index (κ2) is 8.66. The molecule has 2 heterocycles. The number of hydrogen-bond donors (Lipinski definition) is 2. The van der Waals surface area contributed by atoms with Crippen LogP contribution >= 0.6 is 11.3 Å². The fourth-order valence-electron chi connectivity index (χ4n) is 3.34. The van der Waals surface area contributed by atoms with E-state index in [0.717, 1.165) is 16.1 Å². The van der Waals surface area contributed by atoms with Crippen molar-refractivity contribution in [2.45, 2.75) is 24.8 Å². The minimum atomic E-state index is -3.57. The van der Waals surface area contributed by atoms with Crippen LogP contribution in [0.4, 0.5) is 15.6 Å². The van der Waals surface area contributed by atoms with E-state index in [4.69, 9.17) is 4.74 Å². The highest BCUT2D eigenvalue weighted by Crippen LogP contribution is 2.31. The Morgan fingerprint density at radius 1 is 1.16 bits per heavy atom. The van der Waals surface area contributed by atoms with Crippen LogP contribution in [0.15, 0.2) is 53.4 Å². The maximum Gasteiger partial charge on any atom is 0.325 e. The number of fused-ring (bicyclic) bond motifs is 1. The van der Waals surface area contributed by atoms with Crippen LogP contribution in [0.1, 0.15) is 16.1 Å². The van der Waals surface area contributed by atoms with Crippen molar-refractivity contribution in [2.24, 2.45) is 0 Å². The SMILES string of the molecule is COc1ccc(C)cc1NC(=O)Nc1nc2c(s1)CN(S(=O)(=O)c1ccccc1)CC2. The number of sulfonamides is 1. The molecule has 0 aliphatic carbocycles. The molecular formula is C21H22N4O4S2. The molecule has 4 rings (SSSR count). The highest BCUT2D eigenvalue weighted by atomic mass is 32.2. The molecule has 0 saturated carbocycles. The number of rotatable bonds is 5. The van der Waals surface area contributed by atoms with E-state index >= 15 is 0 Å². The van der Waals surface area contributed by atoms with Gasteiger partial charge in [0.1, 0.15) is 5.75 Å². The molecule has 10 heteroatoms. The number of hydrogen-bond acceptors (Lipinski definition) is 6. The van der Waals surface area contributed by atoms with Crippen LogP contribution in [0.25, 0.3) is 0 Å². The monoisotopic (exact) mass is 458 g/mol. The molecule has 162 valence electrons. The Hall–Kier alpha value is -2.95. The second-order valence-electron chi connectivity index (χ2n) is 7.07. The van der Waals surface area contributed by atoms with Gasteiger partial charge in [-0.3, -0.25) is 5.32 Å². The number of methoxy groups -OCH3 is 1. The molecule has 2 amide bonds. The summed E-state index contributed by atoms with van der Waals surface area (Å²) >= 11 is 1.28. The minimum Gasteiger partial charge on any atom is -0.495 e. The maximum atomic E-state index is 12.9. The number of aromatic nitrogens is 1. The lowest BCUT2D eigenvalue weighted by molar-refractivity contribution is 0.262. The highest BCUT2D eigenvalue weighted by molar-refractivity contribution is 7.89. The fraction of sp³-hybridized carbons (Fsp3) is 0.238. The molecule has 0 fully saturated rings. The van der Waals surface area contributed by atoms with Gasteiger partial charge in [-0.1, -0.05) is 35.6 Å². The number of urea groups is 1. The van der Waals surface area contributed by atoms with Crippen LogP contribution in [-0.4, -0.2) is 37.4 Å². The van der Waals surface area contributed by atoms with E-state index in [-0.39, 0.29) is 11.4 Å². The molecule has 0 saturated heterocycles. The average molecular weight is 459 g/mol. The predicted molar refractivity (Wildman–Crippen MR) is 120 cm³/mol. The molecule has 0 bridgehead atoms. The first-order chi connectivity index (χ1) is 14.9. The van der Waals surface area contributed by atoms with Gasteiger partial charge in [-0.05, 0) is 36.8 Å². The van der Waals surface area contributed by atoms with Gasteiger partial charge in [-0.25, -0.2) is 18.2 Å². The van der Waals surface area contributed by atoms with Gasteiger partial charge in [0, 0.05) is 17.8 Å². The highest BCUT2D eigenvalue weighted by Gasteiger charge is 2.30. The van der Waals surface area contributed by atoms with Crippen molar-refractivity contribution in [3.05, 3.63) is 64.7 Å². The Morgan fingerprint density at radius 2 is 1.94 bits per heavy atom. The summed E-state index contributed by atoms with van der Waals surface area (Å²) in [6.45, 7) is 2.51. The molecule has 0 atom stereocenters. The zero-order valence-corrected chi connectivity index (χ0v) is 18.7. The average Bonchev–Trinajstić information content (AvgIpc) is 3.15. The molecule has 0 radical (unpaired) electrons. The number of carbonyl (C=O) groups is 1. The Labute approximate surface area is 184 Å². The van der Waals surface area contributed by atoms with Gasteiger partial charge in [-0.15, -0.1) is 0 Å². The number of carbonyl (C=O) groups excluding carboxylic acids is 1. The van der Waals surface area contributed by atoms with Crippen molar-refractivity contribution >= 4 is 38.2 Å². The molecule has 8 nitrogen and oxygen atoms in total. The summed E-state index contributed by atoms with van der Waals surface area (Å²) in [4.78, 5) is 18.0. The summed E-state index contributed by atoms with van der Waals surface area (Å²) in [6.07, 6.45) is 0.493. The van der Waals surface area contributed by atoms with E-state index < -0.39 is 16.1 Å². The Morgan fingerprint density at radius 3 is 2.68 bits per heavy atom. The summed E-state index contributed by atoms with van der Waals surface area (Å²) < 4.78 is 32.5. The zero-order valence-electron chi connectivity index (χ0n) is 17.1. The van der Waals surface area contributed by atoms with Crippen molar-refractivity contribution in [3.8, 4) is 5.75 Å². The molecule has 0 spiro atoms. The maximum absolute atomic E-state index is 12.9. The zero-order chi connectivity index (χ0) is 22.0. The van der Waals surface area contributed by atoms with Crippen LogP contribution < -0.4 is 15.4 Å². The van der Waals surface area contributed by atoms with Gasteiger partial charge >= 0.3 is 6.03 Å². The third-order valence-corrected chi connectivity index (χ3v) is 7.76. The Bertz CT molecular complexity index is 1210. The smallest absolute Gasteiger partial charge is 0.325 e. The van der Waals surface area contributed by atoms with E-state index in [1.54, 1.807) is 36.4 Å². The van der Waals surface area contributed by atoms with Gasteiger partial charge in [-0.2, -0.15) is 4.31 Å². The van der Waals surface area contributed by atoms with E-state index in [9.17, 15) is 13.2 Å². The number of nitrogens with zero attached hydrogens (tertiary/aromatic N) is 2. The van der Waals surface area contributed by atoms with Gasteiger partial charge in [0.15, 0.2) is 5.13 Å². The number of thiazole rings is 1. The molecule has 2 aromatic carbocycles. The third kappa shape index (κ3) is 4.55. The van der Waals surface area contributed by atoms with Crippen LogP contribution in [-0.2, 0) is 23.0 Å². The lowest BCUT2D eigenvalue weighted by Crippen LogP contribution is -2.35. The van der Waals surface area contributed by atoms with Crippen LogP contribution in [0.5, 0.6) is 5.75 Å². The van der Waals surface area contributed by atoms with Crippen molar-refractivity contribution in [1.29, 1.82) is 0 Å². The number of ether oxygens (including phenoxy) is 1. The summed E-state index contributed by atoms with van der Waals surface area (Å²) in [7, 11) is -2.03. The summed E-state index contributed by atoms with van der Waals surface area (Å²) in [6, 6.07) is 13.4. The van der Waals surface area contributed by atoms with E-state index in [1.165, 1.54) is 22.8 Å². The first-order valence-electron chi connectivity index (χ1n) is 9.63. The molecular weight excluding hydrogens is 436 g/mol. The minimum absolute atomic E-state index is 0.235. The van der Waals surface area contributed by atoms with E-state index in [2.05, 4.69) is 15.6 Å². The van der Waals surface area contributed by atoms with Crippen molar-refractivity contribution in [2.75, 3.05) is 24.3 Å². The molecule has 1 aromatic heterocycles. The molecule has 1 aliphatic heterocycles. The Balaban J connectivity index is 1.46. The van der Waals surface area contributed by atoms with Gasteiger partial charge in [0.05, 0.1) is 29.9 Å². The molecule has 2 N–H and O–H groups in total. The first-order valence-corrected chi connectivity index (χ1v) is 11.9. The fourth-order valence-corrected chi connectivity index (χ4v) is 5.87. The van der Waals surface area contributed by atoms with E-state index in [0.29, 0.717) is 29.5 Å². The Kier molecular flexibility index (Phi) is 5.94. The standard InChI is InChI=1S/C21H22N4O4S2/c1-14-8-9-18(29-2)17(12-14)22-20(26)24-21-23-16-10-11-25(13-19(16)30-21)31(27,28)15-6-4-3-5-7-15/h3-9,12H,10-11,13H2,1-2H3,(H2,22,23,24,26). The topological polar surface area (TPSA) is 101 Å². The molecule has 1 aliphatic rings. The number of aryl methyl sites for hydroxylation is 1. The summed E-state index contributed by atoms with van der Waals surface area (Å²) in [5.41, 5.74) is 2.36. The lowest BCUT2D eigenvalue weighted by atomic mass is 10.2. The normalized spacial score (nSPS) is 14.0. The number of benzene rings is 2. The second-order valence-corrected chi connectivity index (χ2v) is 10.1. The molecule has 3 aromatic rings. The summed E-state index contributed by atoms with van der Waals surface area (Å²) in [5, 5.41) is 5.93. The van der Waals surface area contributed by atoms with Crippen molar-refractivity contribution < 1.29 is 17.9 Å². The van der Waals surface area contributed by atoms with Gasteiger partial charge < -0.3 is 10.1 Å². The number of nitrogens with one attached hydrogen (secondary N) is 2. The van der Waals surface area contributed by atoms with Crippen LogP contribution in [0, 0.1) is 6.92 Å². The number of anilines is 2. The van der Waals surface area contributed by atoms with Crippen molar-refractivity contribution in [3.63, 3.8) is 0 Å². The lowest BCUT2D eigenvalue weighted by Gasteiger charge is -2.25. The van der Waals surface area contributed by atoms with Gasteiger partial charge in [0.2, 0.25) is 10.0 Å².